The van der Waals surface area contributed by atoms with Crippen molar-refractivity contribution in [1.29, 1.82) is 0 Å². The SMILES string of the molecule is CC(C)(C)N1C[O+]([O-])CC1=O. The zero-order valence-electron chi connectivity index (χ0n) is 7.09. The first-order chi connectivity index (χ1) is 4.91. The molecule has 0 aromatic heterocycles. The smallest absolute Gasteiger partial charge is 0.306 e. The Bertz CT molecular complexity index is 173. The molecule has 0 bridgehead atoms. The van der Waals surface area contributed by atoms with Crippen molar-refractivity contribution in [3.05, 3.63) is 0 Å². The fourth-order valence-electron chi connectivity index (χ4n) is 1.05. The zero-order chi connectivity index (χ0) is 8.65. The summed E-state index contributed by atoms with van der Waals surface area (Å²) in [6.45, 7) is 5.78. The first-order valence-corrected chi connectivity index (χ1v) is 3.57. The maximum Gasteiger partial charge on any atom is 0.306 e. The lowest BCUT2D eigenvalue weighted by atomic mass is 10.1. The summed E-state index contributed by atoms with van der Waals surface area (Å²) in [7, 11) is 0. The molecule has 1 amide bonds. The van der Waals surface area contributed by atoms with E-state index >= 15 is 0 Å². The van der Waals surface area contributed by atoms with Crippen LogP contribution < -0.4 is 5.26 Å². The molecule has 0 atom stereocenters. The summed E-state index contributed by atoms with van der Waals surface area (Å²) in [5, 5.41) is 10.7. The van der Waals surface area contributed by atoms with Gasteiger partial charge in [-0.25, -0.2) is 0 Å². The van der Waals surface area contributed by atoms with Gasteiger partial charge in [0, 0.05) is 5.54 Å². The maximum atomic E-state index is 11.1. The monoisotopic (exact) mass is 159 g/mol. The van der Waals surface area contributed by atoms with Gasteiger partial charge in [-0.1, -0.05) is 0 Å². The van der Waals surface area contributed by atoms with Gasteiger partial charge in [-0.2, -0.15) is 0 Å². The van der Waals surface area contributed by atoms with E-state index in [1.807, 2.05) is 20.8 Å². The van der Waals surface area contributed by atoms with Gasteiger partial charge >= 0.3 is 5.91 Å². The van der Waals surface area contributed by atoms with Gasteiger partial charge in [0.15, 0.2) is 0 Å². The Morgan fingerprint density at radius 3 is 2.27 bits per heavy atom. The molecule has 1 aliphatic heterocycles. The van der Waals surface area contributed by atoms with Crippen LogP contribution in [0.4, 0.5) is 0 Å². The van der Waals surface area contributed by atoms with Crippen LogP contribution in [-0.2, 0) is 9.31 Å². The highest BCUT2D eigenvalue weighted by atomic mass is 17.2. The van der Waals surface area contributed by atoms with Gasteiger partial charge in [-0.05, 0) is 20.8 Å². The molecule has 0 aromatic carbocycles. The summed E-state index contributed by atoms with van der Waals surface area (Å²) >= 11 is 0. The van der Waals surface area contributed by atoms with Gasteiger partial charge in [0.25, 0.3) is 0 Å². The lowest BCUT2D eigenvalue weighted by molar-refractivity contribution is -0.790. The first-order valence-electron chi connectivity index (χ1n) is 3.57. The Labute approximate surface area is 66.0 Å². The summed E-state index contributed by atoms with van der Waals surface area (Å²) in [6, 6.07) is 0. The van der Waals surface area contributed by atoms with Crippen LogP contribution in [0, 0.1) is 0 Å². The van der Waals surface area contributed by atoms with Crippen molar-refractivity contribution in [2.45, 2.75) is 26.3 Å². The Hall–Kier alpha value is -0.610. The molecule has 64 valence electrons. The molecule has 4 nitrogen and oxygen atoms in total. The lowest BCUT2D eigenvalue weighted by Gasteiger charge is -2.28. The highest BCUT2D eigenvalue weighted by Crippen LogP contribution is 2.18. The topological polar surface area (TPSA) is 46.1 Å². The average molecular weight is 159 g/mol. The van der Waals surface area contributed by atoms with Crippen molar-refractivity contribution in [3.8, 4) is 0 Å². The van der Waals surface area contributed by atoms with E-state index in [2.05, 4.69) is 0 Å². The van der Waals surface area contributed by atoms with Gasteiger partial charge in [-0.3, -0.25) is 9.69 Å². The van der Waals surface area contributed by atoms with Crippen LogP contribution >= 0.6 is 0 Å². The Balaban J connectivity index is 2.68. The molecule has 0 saturated carbocycles. The number of carbonyl (C=O) groups excluding carboxylic acids is 1. The van der Waals surface area contributed by atoms with E-state index in [9.17, 15) is 10.1 Å². The van der Waals surface area contributed by atoms with Crippen molar-refractivity contribution < 1.29 is 14.6 Å². The number of hydrogen-bond acceptors (Lipinski definition) is 2. The number of amides is 1. The van der Waals surface area contributed by atoms with E-state index in [-0.39, 0.29) is 24.8 Å². The molecule has 1 saturated heterocycles. The zero-order valence-corrected chi connectivity index (χ0v) is 7.09. The summed E-state index contributed by atoms with van der Waals surface area (Å²) in [5.41, 5.74) is -0.247. The highest BCUT2D eigenvalue weighted by Gasteiger charge is 2.36. The molecule has 0 unspecified atom stereocenters. The molecule has 0 spiro atoms. The van der Waals surface area contributed by atoms with E-state index in [1.165, 1.54) is 4.52 Å². The molecule has 0 aromatic rings. The van der Waals surface area contributed by atoms with Crippen LogP contribution in [0.5, 0.6) is 0 Å². The molecule has 1 rings (SSSR count). The third kappa shape index (κ3) is 1.70. The van der Waals surface area contributed by atoms with Crippen LogP contribution in [0.1, 0.15) is 20.8 Å². The number of nitrogens with zero attached hydrogens (tertiary/aromatic N) is 1. The Morgan fingerprint density at radius 1 is 1.55 bits per heavy atom. The van der Waals surface area contributed by atoms with Gasteiger partial charge in [0.2, 0.25) is 13.3 Å². The fraction of sp³-hybridized carbons (Fsp3) is 0.857. The molecule has 0 aliphatic carbocycles. The van der Waals surface area contributed by atoms with Crippen LogP contribution in [0.3, 0.4) is 0 Å². The molecule has 1 aliphatic rings. The van der Waals surface area contributed by atoms with Crippen LogP contribution in [0.15, 0.2) is 0 Å². The van der Waals surface area contributed by atoms with Crippen LogP contribution in [-0.4, -0.2) is 29.7 Å². The predicted octanol–water partition coefficient (Wildman–Crippen LogP) is -0.588. The maximum absolute atomic E-state index is 11.1. The Kier molecular flexibility index (Phi) is 1.90. The molecule has 4 heteroatoms. The summed E-state index contributed by atoms with van der Waals surface area (Å²) in [4.78, 5) is 12.6. The van der Waals surface area contributed by atoms with E-state index < -0.39 is 0 Å². The number of carbonyl (C=O) groups is 1. The lowest BCUT2D eigenvalue weighted by Crippen LogP contribution is -2.43. The molecule has 0 radical (unpaired) electrons. The highest BCUT2D eigenvalue weighted by molar-refractivity contribution is 5.79. The van der Waals surface area contributed by atoms with E-state index in [0.29, 0.717) is 0 Å². The summed E-state index contributed by atoms with van der Waals surface area (Å²) in [5.74, 6) is -0.113. The van der Waals surface area contributed by atoms with Crippen molar-refractivity contribution in [2.24, 2.45) is 0 Å². The third-order valence-corrected chi connectivity index (χ3v) is 1.67. The second-order valence-corrected chi connectivity index (χ2v) is 3.71. The quantitative estimate of drug-likeness (QED) is 0.350. The normalized spacial score (nSPS) is 21.5. The molecule has 1 heterocycles. The van der Waals surface area contributed by atoms with Gasteiger partial charge in [-0.15, -0.1) is 0 Å². The van der Waals surface area contributed by atoms with Crippen molar-refractivity contribution in [1.82, 2.24) is 4.90 Å². The van der Waals surface area contributed by atoms with Crippen LogP contribution in [0.25, 0.3) is 0 Å². The minimum absolute atomic E-state index is 0.0722. The molecule has 11 heavy (non-hydrogen) atoms. The second-order valence-electron chi connectivity index (χ2n) is 3.71. The number of hydrogen-bond donors (Lipinski definition) is 0. The fourth-order valence-corrected chi connectivity index (χ4v) is 1.05. The summed E-state index contributed by atoms with van der Waals surface area (Å²) < 4.78 is 1.51. The minimum Gasteiger partial charge on any atom is -0.532 e. The second kappa shape index (κ2) is 2.46. The largest absolute Gasteiger partial charge is 0.532 e. The van der Waals surface area contributed by atoms with Crippen molar-refractivity contribution in [3.63, 3.8) is 0 Å². The molecule has 1 fully saturated rings. The average Bonchev–Trinajstić information content (AvgIpc) is 2.08. The van der Waals surface area contributed by atoms with E-state index in [4.69, 9.17) is 0 Å². The van der Waals surface area contributed by atoms with Crippen molar-refractivity contribution in [2.75, 3.05) is 13.3 Å². The van der Waals surface area contributed by atoms with E-state index in [0.717, 1.165) is 0 Å². The standard InChI is InChI=1S/C7H13NO3/c1-7(2,3)8-5-11(10)4-6(8)9/h4-5H2,1-3H3. The van der Waals surface area contributed by atoms with Crippen molar-refractivity contribution >= 4 is 5.91 Å². The minimum atomic E-state index is -0.247. The molecular weight excluding hydrogens is 146 g/mol. The van der Waals surface area contributed by atoms with Gasteiger partial charge in [0.1, 0.15) is 0 Å². The van der Waals surface area contributed by atoms with E-state index in [1.54, 1.807) is 4.90 Å². The Morgan fingerprint density at radius 2 is 2.09 bits per heavy atom. The summed E-state index contributed by atoms with van der Waals surface area (Å²) in [6.07, 6.45) is 0. The first kappa shape index (κ1) is 8.49. The predicted molar refractivity (Wildman–Crippen MR) is 37.4 cm³/mol. The third-order valence-electron chi connectivity index (χ3n) is 1.67. The van der Waals surface area contributed by atoms with Crippen LogP contribution in [0.2, 0.25) is 0 Å². The molecule has 0 N–H and O–H groups in total. The number of rotatable bonds is 0. The molecular formula is C7H13NO3. The van der Waals surface area contributed by atoms with Gasteiger partial charge < -0.3 is 9.78 Å². The van der Waals surface area contributed by atoms with Gasteiger partial charge in [0.05, 0.1) is 0 Å².